The van der Waals surface area contributed by atoms with Crippen molar-refractivity contribution in [1.29, 1.82) is 0 Å². The van der Waals surface area contributed by atoms with Crippen LogP contribution >= 0.6 is 0 Å². The molecule has 0 fully saturated rings. The first-order valence-corrected chi connectivity index (χ1v) is 15.6. The molecule has 0 radical (unpaired) electrons. The predicted molar refractivity (Wildman–Crippen MR) is 189 cm³/mol. The fourth-order valence-electron chi connectivity index (χ4n) is 5.35. The molecule has 6 rings (SSSR count). The summed E-state index contributed by atoms with van der Waals surface area (Å²) in [5.74, 6) is -1.03. The van der Waals surface area contributed by atoms with Gasteiger partial charge in [0.15, 0.2) is 22.7 Å². The van der Waals surface area contributed by atoms with Gasteiger partial charge in [0.25, 0.3) is 17.7 Å². The molecule has 6 aromatic rings. The Bertz CT molecular complexity index is 2250. The Morgan fingerprint density at radius 1 is 0.860 bits per heavy atom. The number of aromatic nitrogens is 2. The maximum atomic E-state index is 13.6. The number of nitrogens with one attached hydrogen (secondary N) is 2. The van der Waals surface area contributed by atoms with Crippen LogP contribution < -0.4 is 25.5 Å². The summed E-state index contributed by atoms with van der Waals surface area (Å²) in [7, 11) is 4.62. The van der Waals surface area contributed by atoms with Crippen molar-refractivity contribution < 1.29 is 28.3 Å². The highest BCUT2D eigenvalue weighted by Gasteiger charge is 2.21. The third kappa shape index (κ3) is 7.24. The van der Waals surface area contributed by atoms with Crippen LogP contribution in [0.4, 0.5) is 11.4 Å². The quantitative estimate of drug-likeness (QED) is 0.176. The van der Waals surface area contributed by atoms with Crippen LogP contribution in [0.15, 0.2) is 119 Å². The molecule has 2 aromatic heterocycles. The van der Waals surface area contributed by atoms with Crippen molar-refractivity contribution in [1.82, 2.24) is 14.5 Å². The van der Waals surface area contributed by atoms with E-state index in [9.17, 15) is 19.2 Å². The third-order valence-electron chi connectivity index (χ3n) is 8.06. The molecule has 0 aliphatic carbocycles. The lowest BCUT2D eigenvalue weighted by Gasteiger charge is -2.18. The summed E-state index contributed by atoms with van der Waals surface area (Å²) in [5, 5.41) is 5.87. The van der Waals surface area contributed by atoms with Crippen LogP contribution in [0.3, 0.4) is 0 Å². The molecule has 252 valence electrons. The minimum atomic E-state index is -0.729. The standard InChI is InChI=1S/C38H33N5O7/c1-42(38(47)25-7-6-8-27(19-25)43-18-16-39-23-43)17-15-24-11-13-26(14-12-24)40-36(45)29-20-33(48-2)34(49-3)21-30(29)41-37(46)35-22-31(44)28-9-4-5-10-32(28)50-35/h4-14,16,18-23H,15,17H2,1-3H3,(H,40,45)(H,41,46). The first-order valence-electron chi connectivity index (χ1n) is 15.6. The van der Waals surface area contributed by atoms with Gasteiger partial charge in [-0.1, -0.05) is 30.3 Å². The number of ether oxygens (including phenoxy) is 2. The van der Waals surface area contributed by atoms with E-state index in [-0.39, 0.29) is 45.4 Å². The van der Waals surface area contributed by atoms with Crippen molar-refractivity contribution in [3.05, 3.63) is 142 Å². The second-order valence-corrected chi connectivity index (χ2v) is 11.3. The average Bonchev–Trinajstić information content (AvgIpc) is 3.69. The Kier molecular flexibility index (Phi) is 9.70. The number of fused-ring (bicyclic) bond motifs is 1. The first-order chi connectivity index (χ1) is 24.2. The Morgan fingerprint density at radius 3 is 2.36 bits per heavy atom. The molecule has 12 heteroatoms. The van der Waals surface area contributed by atoms with E-state index < -0.39 is 11.8 Å². The van der Waals surface area contributed by atoms with Crippen LogP contribution in [-0.2, 0) is 6.42 Å². The van der Waals surface area contributed by atoms with Crippen LogP contribution in [0.2, 0.25) is 0 Å². The normalized spacial score (nSPS) is 10.8. The van der Waals surface area contributed by atoms with Gasteiger partial charge in [-0.2, -0.15) is 0 Å². The molecule has 0 spiro atoms. The number of para-hydroxylation sites is 1. The maximum absolute atomic E-state index is 13.6. The second kappa shape index (κ2) is 14.6. The van der Waals surface area contributed by atoms with Crippen molar-refractivity contribution in [3.8, 4) is 17.2 Å². The lowest BCUT2D eigenvalue weighted by molar-refractivity contribution is 0.0796. The van der Waals surface area contributed by atoms with Gasteiger partial charge in [-0.3, -0.25) is 19.2 Å². The van der Waals surface area contributed by atoms with Crippen molar-refractivity contribution in [2.45, 2.75) is 6.42 Å². The van der Waals surface area contributed by atoms with Gasteiger partial charge in [0.05, 0.1) is 37.2 Å². The highest BCUT2D eigenvalue weighted by Crippen LogP contribution is 2.34. The van der Waals surface area contributed by atoms with Gasteiger partial charge < -0.3 is 34.0 Å². The molecule has 0 aliphatic heterocycles. The van der Waals surface area contributed by atoms with Gasteiger partial charge in [-0.15, -0.1) is 0 Å². The largest absolute Gasteiger partial charge is 0.493 e. The van der Waals surface area contributed by atoms with Gasteiger partial charge in [-0.25, -0.2) is 4.98 Å². The smallest absolute Gasteiger partial charge is 0.291 e. The second-order valence-electron chi connectivity index (χ2n) is 11.3. The fraction of sp³-hybridized carbons (Fsp3) is 0.132. The monoisotopic (exact) mass is 671 g/mol. The summed E-state index contributed by atoms with van der Waals surface area (Å²) in [6, 6.07) is 25.2. The minimum Gasteiger partial charge on any atom is -0.493 e. The summed E-state index contributed by atoms with van der Waals surface area (Å²) in [6.45, 7) is 0.478. The number of nitrogens with zero attached hydrogens (tertiary/aromatic N) is 3. The average molecular weight is 672 g/mol. The van der Waals surface area contributed by atoms with E-state index in [2.05, 4.69) is 15.6 Å². The summed E-state index contributed by atoms with van der Waals surface area (Å²) >= 11 is 0. The molecule has 0 bridgehead atoms. The van der Waals surface area contributed by atoms with E-state index in [4.69, 9.17) is 13.9 Å². The molecular weight excluding hydrogens is 638 g/mol. The van der Waals surface area contributed by atoms with Crippen LogP contribution in [0.5, 0.6) is 11.5 Å². The molecule has 50 heavy (non-hydrogen) atoms. The van der Waals surface area contributed by atoms with E-state index in [1.54, 1.807) is 66.9 Å². The van der Waals surface area contributed by atoms with Crippen molar-refractivity contribution in [3.63, 3.8) is 0 Å². The zero-order valence-electron chi connectivity index (χ0n) is 27.5. The topological polar surface area (TPSA) is 145 Å². The zero-order chi connectivity index (χ0) is 35.2. The molecule has 0 unspecified atom stereocenters. The number of likely N-dealkylation sites (N-methyl/N-ethyl adjacent to an activating group) is 1. The van der Waals surface area contributed by atoms with Crippen LogP contribution in [0.25, 0.3) is 16.7 Å². The number of carbonyl (C=O) groups excluding carboxylic acids is 3. The molecule has 2 N–H and O–H groups in total. The lowest BCUT2D eigenvalue weighted by Crippen LogP contribution is -2.28. The number of imidazole rings is 1. The highest BCUT2D eigenvalue weighted by atomic mass is 16.5. The van der Waals surface area contributed by atoms with E-state index in [1.807, 2.05) is 41.1 Å². The molecule has 0 atom stereocenters. The molecular formula is C38H33N5O7. The van der Waals surface area contributed by atoms with Gasteiger partial charge >= 0.3 is 0 Å². The molecule has 0 saturated heterocycles. The number of hydrogen-bond acceptors (Lipinski definition) is 8. The van der Waals surface area contributed by atoms with Gasteiger partial charge in [0, 0.05) is 55.1 Å². The zero-order valence-corrected chi connectivity index (χ0v) is 27.5. The predicted octanol–water partition coefficient (Wildman–Crippen LogP) is 5.82. The lowest BCUT2D eigenvalue weighted by atomic mass is 10.1. The molecule has 0 aliphatic rings. The summed E-state index contributed by atoms with van der Waals surface area (Å²) in [5.41, 5.74) is 2.97. The summed E-state index contributed by atoms with van der Waals surface area (Å²) in [6.07, 6.45) is 5.77. The minimum absolute atomic E-state index is 0.0838. The van der Waals surface area contributed by atoms with E-state index >= 15 is 0 Å². The summed E-state index contributed by atoms with van der Waals surface area (Å²) < 4.78 is 18.3. The molecule has 3 amide bonds. The highest BCUT2D eigenvalue weighted by molar-refractivity contribution is 6.12. The van der Waals surface area contributed by atoms with E-state index in [0.717, 1.165) is 17.3 Å². The van der Waals surface area contributed by atoms with Crippen molar-refractivity contribution in [2.75, 3.05) is 38.4 Å². The van der Waals surface area contributed by atoms with Crippen LogP contribution in [-0.4, -0.2) is 60.0 Å². The molecule has 4 aromatic carbocycles. The maximum Gasteiger partial charge on any atom is 0.291 e. The Morgan fingerprint density at radius 2 is 1.62 bits per heavy atom. The van der Waals surface area contributed by atoms with E-state index in [0.29, 0.717) is 29.6 Å². The molecule has 0 saturated carbocycles. The number of anilines is 2. The first kappa shape index (κ1) is 33.2. The summed E-state index contributed by atoms with van der Waals surface area (Å²) in [4.78, 5) is 58.3. The van der Waals surface area contributed by atoms with Gasteiger partial charge in [-0.05, 0) is 60.5 Å². The Hall–Kier alpha value is -6.69. The Balaban J connectivity index is 1.13. The van der Waals surface area contributed by atoms with E-state index in [1.165, 1.54) is 26.4 Å². The van der Waals surface area contributed by atoms with Crippen molar-refractivity contribution >= 4 is 40.1 Å². The number of amides is 3. The van der Waals surface area contributed by atoms with Crippen molar-refractivity contribution in [2.24, 2.45) is 0 Å². The van der Waals surface area contributed by atoms with Gasteiger partial charge in [0.1, 0.15) is 5.58 Å². The molecule has 2 heterocycles. The Labute approximate surface area is 286 Å². The van der Waals surface area contributed by atoms with Crippen LogP contribution in [0.1, 0.15) is 36.8 Å². The number of methoxy groups -OCH3 is 2. The van der Waals surface area contributed by atoms with Crippen LogP contribution in [0, 0.1) is 0 Å². The number of benzene rings is 4. The number of carbonyl (C=O) groups is 3. The van der Waals surface area contributed by atoms with Gasteiger partial charge in [0.2, 0.25) is 0 Å². The number of rotatable bonds is 11. The number of hydrogen-bond donors (Lipinski definition) is 2. The fourth-order valence-corrected chi connectivity index (χ4v) is 5.35. The SMILES string of the molecule is COc1cc(NC(=O)c2cc(=O)c3ccccc3o2)c(C(=O)Nc2ccc(CCN(C)C(=O)c3cccc(-n4ccnc4)c3)cc2)cc1OC. The third-order valence-corrected chi connectivity index (χ3v) is 8.06. The molecule has 12 nitrogen and oxygen atoms in total.